The van der Waals surface area contributed by atoms with Crippen LogP contribution in [-0.4, -0.2) is 23.1 Å². The Bertz CT molecular complexity index is 186. The van der Waals surface area contributed by atoms with E-state index >= 15 is 0 Å². The summed E-state index contributed by atoms with van der Waals surface area (Å²) in [4.78, 5) is 21.3. The van der Waals surface area contributed by atoms with Gasteiger partial charge in [0, 0.05) is 12.8 Å². The number of ether oxygens (including phenoxy) is 1. The molecule has 0 aliphatic carbocycles. The van der Waals surface area contributed by atoms with Gasteiger partial charge in [-0.15, -0.1) is 0 Å². The van der Waals surface area contributed by atoms with E-state index in [2.05, 4.69) is 0 Å². The van der Waals surface area contributed by atoms with Crippen LogP contribution in [0.1, 0.15) is 33.6 Å². The van der Waals surface area contributed by atoms with Crippen molar-refractivity contribution in [3.05, 3.63) is 0 Å². The first-order valence-electron chi connectivity index (χ1n) is 4.33. The van der Waals surface area contributed by atoms with Crippen molar-refractivity contribution < 1.29 is 19.4 Å². The zero-order valence-corrected chi connectivity index (χ0v) is 8.24. The van der Waals surface area contributed by atoms with Gasteiger partial charge < -0.3 is 9.84 Å². The third-order valence-corrected chi connectivity index (χ3v) is 1.41. The van der Waals surface area contributed by atoms with Crippen LogP contribution in [0.25, 0.3) is 0 Å². The molecular weight excluding hydrogens is 172 g/mol. The fraction of sp³-hybridized carbons (Fsp3) is 0.778. The van der Waals surface area contributed by atoms with Crippen molar-refractivity contribution in [1.82, 2.24) is 0 Å². The molecule has 0 aliphatic heterocycles. The summed E-state index contributed by atoms with van der Waals surface area (Å²) in [5.41, 5.74) is 0. The van der Waals surface area contributed by atoms with Gasteiger partial charge in [-0.1, -0.05) is 6.92 Å². The Kier molecular flexibility index (Phi) is 5.11. The topological polar surface area (TPSA) is 63.6 Å². The lowest BCUT2D eigenvalue weighted by atomic mass is 10.0. The minimum Gasteiger partial charge on any atom is -0.481 e. The molecule has 0 saturated heterocycles. The standard InChI is InChI=1S/C9H16O4/c1-6(2)13-9(12)5-7(3)4-8(10)11/h6-7H,4-5H2,1-3H3,(H,10,11). The predicted octanol–water partition coefficient (Wildman–Crippen LogP) is 1.44. The van der Waals surface area contributed by atoms with E-state index in [1.807, 2.05) is 0 Å². The molecule has 76 valence electrons. The summed E-state index contributed by atoms with van der Waals surface area (Å²) in [6.07, 6.45) is 0.0436. The molecule has 0 radical (unpaired) electrons. The molecule has 0 amide bonds. The van der Waals surface area contributed by atoms with Crippen LogP contribution in [0.15, 0.2) is 0 Å². The molecule has 4 nitrogen and oxygen atoms in total. The molecule has 0 spiro atoms. The number of carbonyl (C=O) groups is 2. The Morgan fingerprint density at radius 1 is 1.23 bits per heavy atom. The lowest BCUT2D eigenvalue weighted by Crippen LogP contribution is -2.16. The second kappa shape index (κ2) is 5.56. The van der Waals surface area contributed by atoms with Crippen LogP contribution in [0.5, 0.6) is 0 Å². The fourth-order valence-corrected chi connectivity index (χ4v) is 0.966. The highest BCUT2D eigenvalue weighted by atomic mass is 16.5. The molecule has 1 N–H and O–H groups in total. The summed E-state index contributed by atoms with van der Waals surface area (Å²) < 4.78 is 4.87. The molecule has 4 heteroatoms. The maximum Gasteiger partial charge on any atom is 0.306 e. The SMILES string of the molecule is CC(CC(=O)O)CC(=O)OC(C)C. The van der Waals surface area contributed by atoms with Crippen LogP contribution in [0, 0.1) is 5.92 Å². The van der Waals surface area contributed by atoms with Crippen molar-refractivity contribution in [2.45, 2.75) is 39.7 Å². The van der Waals surface area contributed by atoms with Crippen LogP contribution in [-0.2, 0) is 14.3 Å². The van der Waals surface area contributed by atoms with E-state index in [4.69, 9.17) is 9.84 Å². The third-order valence-electron chi connectivity index (χ3n) is 1.41. The first-order chi connectivity index (χ1) is 5.91. The minimum atomic E-state index is -0.884. The highest BCUT2D eigenvalue weighted by Crippen LogP contribution is 2.09. The maximum absolute atomic E-state index is 11.0. The maximum atomic E-state index is 11.0. The van der Waals surface area contributed by atoms with Crippen molar-refractivity contribution in [1.29, 1.82) is 0 Å². The van der Waals surface area contributed by atoms with E-state index in [-0.39, 0.29) is 30.8 Å². The second-order valence-corrected chi connectivity index (χ2v) is 3.45. The molecule has 0 rings (SSSR count). The van der Waals surface area contributed by atoms with Gasteiger partial charge in [0.05, 0.1) is 6.10 Å². The quantitative estimate of drug-likeness (QED) is 0.663. The Morgan fingerprint density at radius 2 is 1.77 bits per heavy atom. The minimum absolute atomic E-state index is 0.00714. The van der Waals surface area contributed by atoms with Gasteiger partial charge in [-0.25, -0.2) is 0 Å². The van der Waals surface area contributed by atoms with E-state index in [0.29, 0.717) is 0 Å². The van der Waals surface area contributed by atoms with Gasteiger partial charge in [-0.3, -0.25) is 9.59 Å². The summed E-state index contributed by atoms with van der Waals surface area (Å²) >= 11 is 0. The molecule has 0 saturated carbocycles. The first-order valence-corrected chi connectivity index (χ1v) is 4.33. The molecule has 0 aromatic carbocycles. The number of hydrogen-bond acceptors (Lipinski definition) is 3. The van der Waals surface area contributed by atoms with E-state index in [9.17, 15) is 9.59 Å². The Labute approximate surface area is 77.9 Å². The lowest BCUT2D eigenvalue weighted by Gasteiger charge is -2.10. The molecular formula is C9H16O4. The Morgan fingerprint density at radius 3 is 2.15 bits per heavy atom. The number of rotatable bonds is 5. The molecule has 0 bridgehead atoms. The number of esters is 1. The summed E-state index contributed by atoms with van der Waals surface area (Å²) in [6, 6.07) is 0. The molecule has 1 unspecified atom stereocenters. The number of carboxylic acids is 1. The van der Waals surface area contributed by atoms with Gasteiger partial charge in [0.1, 0.15) is 0 Å². The van der Waals surface area contributed by atoms with E-state index in [1.54, 1.807) is 20.8 Å². The van der Waals surface area contributed by atoms with E-state index in [0.717, 1.165) is 0 Å². The highest BCUT2D eigenvalue weighted by molar-refractivity contribution is 5.72. The zero-order chi connectivity index (χ0) is 10.4. The second-order valence-electron chi connectivity index (χ2n) is 3.45. The molecule has 13 heavy (non-hydrogen) atoms. The van der Waals surface area contributed by atoms with Crippen molar-refractivity contribution in [2.24, 2.45) is 5.92 Å². The first kappa shape index (κ1) is 11.9. The number of carbonyl (C=O) groups excluding carboxylic acids is 1. The zero-order valence-electron chi connectivity index (χ0n) is 8.24. The van der Waals surface area contributed by atoms with Crippen LogP contribution in [0.3, 0.4) is 0 Å². The van der Waals surface area contributed by atoms with Gasteiger partial charge in [-0.05, 0) is 19.8 Å². The van der Waals surface area contributed by atoms with Crippen LogP contribution >= 0.6 is 0 Å². The molecule has 0 fully saturated rings. The van der Waals surface area contributed by atoms with Crippen LogP contribution < -0.4 is 0 Å². The average Bonchev–Trinajstić information content (AvgIpc) is 1.80. The predicted molar refractivity (Wildman–Crippen MR) is 47.3 cm³/mol. The van der Waals surface area contributed by atoms with Gasteiger partial charge >= 0.3 is 11.9 Å². The van der Waals surface area contributed by atoms with Crippen molar-refractivity contribution >= 4 is 11.9 Å². The Balaban J connectivity index is 3.71. The van der Waals surface area contributed by atoms with Gasteiger partial charge in [0.15, 0.2) is 0 Å². The largest absolute Gasteiger partial charge is 0.481 e. The molecule has 0 aromatic rings. The van der Waals surface area contributed by atoms with Crippen LogP contribution in [0.4, 0.5) is 0 Å². The third kappa shape index (κ3) is 7.31. The smallest absolute Gasteiger partial charge is 0.306 e. The summed E-state index contributed by atoms with van der Waals surface area (Å²) in [5.74, 6) is -1.38. The van der Waals surface area contributed by atoms with Gasteiger partial charge in [0.2, 0.25) is 0 Å². The van der Waals surface area contributed by atoms with E-state index < -0.39 is 5.97 Å². The summed E-state index contributed by atoms with van der Waals surface area (Å²) in [7, 11) is 0. The molecule has 0 aromatic heterocycles. The fourth-order valence-electron chi connectivity index (χ4n) is 0.966. The normalized spacial score (nSPS) is 12.6. The molecule has 1 atom stereocenters. The van der Waals surface area contributed by atoms with Gasteiger partial charge in [0.25, 0.3) is 0 Å². The van der Waals surface area contributed by atoms with Crippen molar-refractivity contribution in [2.75, 3.05) is 0 Å². The van der Waals surface area contributed by atoms with Gasteiger partial charge in [-0.2, -0.15) is 0 Å². The average molecular weight is 188 g/mol. The lowest BCUT2D eigenvalue weighted by molar-refractivity contribution is -0.148. The number of hydrogen-bond donors (Lipinski definition) is 1. The summed E-state index contributed by atoms with van der Waals surface area (Å²) in [6.45, 7) is 5.25. The van der Waals surface area contributed by atoms with E-state index in [1.165, 1.54) is 0 Å². The monoisotopic (exact) mass is 188 g/mol. The van der Waals surface area contributed by atoms with Crippen molar-refractivity contribution in [3.63, 3.8) is 0 Å². The number of aliphatic carboxylic acids is 1. The van der Waals surface area contributed by atoms with Crippen LogP contribution in [0.2, 0.25) is 0 Å². The molecule has 0 aliphatic rings. The Hall–Kier alpha value is -1.06. The number of carboxylic acid groups (broad SMARTS) is 1. The highest BCUT2D eigenvalue weighted by Gasteiger charge is 2.14. The molecule has 0 heterocycles. The van der Waals surface area contributed by atoms with Crippen molar-refractivity contribution in [3.8, 4) is 0 Å². The summed E-state index contributed by atoms with van der Waals surface area (Å²) in [5, 5.41) is 8.43.